The zero-order chi connectivity index (χ0) is 24.4. The highest BCUT2D eigenvalue weighted by Gasteiger charge is 2.33. The van der Waals surface area contributed by atoms with Gasteiger partial charge in [-0.25, -0.2) is 14.6 Å². The monoisotopic (exact) mass is 527 g/mol. The molecule has 0 radical (unpaired) electrons. The lowest BCUT2D eigenvalue weighted by Crippen LogP contribution is -2.46. The minimum atomic E-state index is -1.23. The molecule has 1 saturated heterocycles. The van der Waals surface area contributed by atoms with Crippen LogP contribution < -0.4 is 10.2 Å². The van der Waals surface area contributed by atoms with Gasteiger partial charge in [-0.3, -0.25) is 4.90 Å². The van der Waals surface area contributed by atoms with Crippen molar-refractivity contribution in [3.8, 4) is 0 Å². The summed E-state index contributed by atoms with van der Waals surface area (Å²) < 4.78 is 18.1. The van der Waals surface area contributed by atoms with E-state index in [2.05, 4.69) is 31.3 Å². The number of ether oxygens (including phenoxy) is 3. The first-order valence-electron chi connectivity index (χ1n) is 10.7. The fourth-order valence-corrected chi connectivity index (χ4v) is 3.74. The molecule has 0 aliphatic carbocycles. The van der Waals surface area contributed by atoms with Gasteiger partial charge in [0.2, 0.25) is 0 Å². The van der Waals surface area contributed by atoms with Crippen LogP contribution in [0.3, 0.4) is 0 Å². The second-order valence-electron chi connectivity index (χ2n) is 9.45. The number of aromatic nitrogens is 3. The molecule has 1 aliphatic heterocycles. The van der Waals surface area contributed by atoms with E-state index >= 15 is 0 Å². The van der Waals surface area contributed by atoms with Crippen LogP contribution in [-0.4, -0.2) is 69.0 Å². The molecule has 3 heterocycles. The van der Waals surface area contributed by atoms with E-state index in [0.717, 1.165) is 17.7 Å². The van der Waals surface area contributed by atoms with Crippen molar-refractivity contribution in [3.05, 3.63) is 16.7 Å². The van der Waals surface area contributed by atoms with Crippen molar-refractivity contribution in [1.29, 1.82) is 0 Å². The summed E-state index contributed by atoms with van der Waals surface area (Å²) in [5.74, 6) is 0.774. The van der Waals surface area contributed by atoms with Crippen LogP contribution in [0.15, 0.2) is 16.7 Å². The van der Waals surface area contributed by atoms with Gasteiger partial charge < -0.3 is 24.6 Å². The molecule has 1 aliphatic rings. The Morgan fingerprint density at radius 1 is 1.27 bits per heavy atom. The summed E-state index contributed by atoms with van der Waals surface area (Å²) in [5, 5.41) is 17.7. The van der Waals surface area contributed by atoms with E-state index in [1.54, 1.807) is 46.9 Å². The van der Waals surface area contributed by atoms with Crippen molar-refractivity contribution in [3.63, 3.8) is 0 Å². The number of nitrogens with zero attached hydrogens (tertiary/aromatic N) is 4. The maximum atomic E-state index is 12.3. The Bertz CT molecular complexity index is 1010. The zero-order valence-electron chi connectivity index (χ0n) is 19.4. The Hall–Kier alpha value is -2.60. The Kier molecular flexibility index (Phi) is 7.37. The average molecular weight is 528 g/mol. The number of carbonyl (C=O) groups is 2. The molecule has 2 aromatic rings. The van der Waals surface area contributed by atoms with Crippen molar-refractivity contribution in [2.45, 2.75) is 64.7 Å². The standard InChI is InChI=1S/C21H30BrN5O6/c1-20(2,3)32-19(30)33-21(4,5)12-26(18(28)29)16-10-15(24-13-6-8-31-9-7-13)25-17-14(22)11-23-27(16)17/h10-11,13H,6-9,12H2,1-5H3,(H,24,25)(H,28,29). The molecule has 0 spiro atoms. The third kappa shape index (κ3) is 6.70. The van der Waals surface area contributed by atoms with Gasteiger partial charge in [0.15, 0.2) is 5.65 Å². The molecule has 0 bridgehead atoms. The number of rotatable bonds is 6. The minimum absolute atomic E-state index is 0.158. The highest BCUT2D eigenvalue weighted by molar-refractivity contribution is 9.10. The van der Waals surface area contributed by atoms with Crippen molar-refractivity contribution in [2.75, 3.05) is 30.0 Å². The summed E-state index contributed by atoms with van der Waals surface area (Å²) in [6.45, 7) is 9.55. The number of nitrogens with one attached hydrogen (secondary N) is 1. The number of carboxylic acid groups (broad SMARTS) is 1. The zero-order valence-corrected chi connectivity index (χ0v) is 21.0. The molecule has 2 N–H and O–H groups in total. The number of hydrogen-bond donors (Lipinski definition) is 2. The molecular weight excluding hydrogens is 498 g/mol. The van der Waals surface area contributed by atoms with Crippen LogP contribution in [0.25, 0.3) is 5.65 Å². The first kappa shape index (κ1) is 25.0. The highest BCUT2D eigenvalue weighted by atomic mass is 79.9. The van der Waals surface area contributed by atoms with Crippen LogP contribution in [0, 0.1) is 0 Å². The third-order valence-electron chi connectivity index (χ3n) is 4.78. The number of fused-ring (bicyclic) bond motifs is 1. The van der Waals surface area contributed by atoms with Gasteiger partial charge in [0.25, 0.3) is 0 Å². The molecule has 3 rings (SSSR count). The van der Waals surface area contributed by atoms with E-state index in [4.69, 9.17) is 14.2 Å². The molecule has 182 valence electrons. The van der Waals surface area contributed by atoms with Crippen LogP contribution in [0.1, 0.15) is 47.5 Å². The van der Waals surface area contributed by atoms with E-state index in [0.29, 0.717) is 29.2 Å². The van der Waals surface area contributed by atoms with Gasteiger partial charge in [0.05, 0.1) is 17.2 Å². The first-order chi connectivity index (χ1) is 15.3. The Labute approximate surface area is 200 Å². The Morgan fingerprint density at radius 2 is 1.94 bits per heavy atom. The fourth-order valence-electron chi connectivity index (χ4n) is 3.39. The van der Waals surface area contributed by atoms with E-state index in [-0.39, 0.29) is 18.4 Å². The lowest BCUT2D eigenvalue weighted by Gasteiger charge is -2.32. The van der Waals surface area contributed by atoms with E-state index < -0.39 is 23.5 Å². The first-order valence-corrected chi connectivity index (χ1v) is 11.4. The topological polar surface area (TPSA) is 128 Å². The summed E-state index contributed by atoms with van der Waals surface area (Å²) >= 11 is 3.42. The average Bonchev–Trinajstić information content (AvgIpc) is 3.05. The largest absolute Gasteiger partial charge is 0.509 e. The lowest BCUT2D eigenvalue weighted by atomic mass is 10.1. The van der Waals surface area contributed by atoms with Crippen LogP contribution in [0.5, 0.6) is 0 Å². The number of hydrogen-bond acceptors (Lipinski definition) is 8. The molecule has 33 heavy (non-hydrogen) atoms. The number of amides is 1. The van der Waals surface area contributed by atoms with Gasteiger partial charge in [-0.15, -0.1) is 0 Å². The van der Waals surface area contributed by atoms with E-state index in [1.165, 1.54) is 4.52 Å². The number of halogens is 1. The van der Waals surface area contributed by atoms with Gasteiger partial charge in [-0.05, 0) is 63.4 Å². The maximum absolute atomic E-state index is 12.3. The molecule has 1 fully saturated rings. The second kappa shape index (κ2) is 9.72. The molecule has 0 saturated carbocycles. The summed E-state index contributed by atoms with van der Waals surface area (Å²) in [7, 11) is 0. The molecule has 0 atom stereocenters. The molecular formula is C21H30BrN5O6. The molecule has 0 unspecified atom stereocenters. The summed E-state index contributed by atoms with van der Waals surface area (Å²) in [6, 6.07) is 1.79. The predicted octanol–water partition coefficient (Wildman–Crippen LogP) is 4.30. The van der Waals surface area contributed by atoms with Gasteiger partial charge in [-0.2, -0.15) is 9.61 Å². The van der Waals surface area contributed by atoms with Crippen molar-refractivity contribution >= 4 is 45.5 Å². The van der Waals surface area contributed by atoms with Gasteiger partial charge in [-0.1, -0.05) is 0 Å². The Balaban J connectivity index is 1.91. The van der Waals surface area contributed by atoms with Gasteiger partial charge in [0.1, 0.15) is 22.8 Å². The summed E-state index contributed by atoms with van der Waals surface area (Å²) in [4.78, 5) is 30.1. The SMILES string of the molecule is CC(C)(C)OC(=O)OC(C)(C)CN(C(=O)O)c1cc(NC2CCOCC2)nc2c(Br)cnn12. The normalized spacial score (nSPS) is 15.3. The fraction of sp³-hybridized carbons (Fsp3) is 0.619. The third-order valence-corrected chi connectivity index (χ3v) is 5.34. The second-order valence-corrected chi connectivity index (χ2v) is 10.3. The van der Waals surface area contributed by atoms with Gasteiger partial charge >= 0.3 is 12.2 Å². The smallest absolute Gasteiger partial charge is 0.465 e. The van der Waals surface area contributed by atoms with Crippen molar-refractivity contribution in [1.82, 2.24) is 14.6 Å². The van der Waals surface area contributed by atoms with Crippen molar-refractivity contribution in [2.24, 2.45) is 0 Å². The molecule has 12 heteroatoms. The minimum Gasteiger partial charge on any atom is -0.465 e. The van der Waals surface area contributed by atoms with Gasteiger partial charge in [0, 0.05) is 25.3 Å². The quantitative estimate of drug-likeness (QED) is 0.528. The number of carbonyl (C=O) groups excluding carboxylic acids is 1. The highest BCUT2D eigenvalue weighted by Crippen LogP contribution is 2.28. The van der Waals surface area contributed by atoms with Crippen LogP contribution in [0.2, 0.25) is 0 Å². The van der Waals surface area contributed by atoms with Crippen LogP contribution >= 0.6 is 15.9 Å². The molecule has 2 aromatic heterocycles. The van der Waals surface area contributed by atoms with Crippen LogP contribution in [0.4, 0.5) is 21.2 Å². The van der Waals surface area contributed by atoms with Crippen molar-refractivity contribution < 1.29 is 28.9 Å². The van der Waals surface area contributed by atoms with E-state index in [9.17, 15) is 14.7 Å². The molecule has 0 aromatic carbocycles. The van der Waals surface area contributed by atoms with Crippen LogP contribution in [-0.2, 0) is 14.2 Å². The lowest BCUT2D eigenvalue weighted by molar-refractivity contribution is -0.0502. The molecule has 1 amide bonds. The maximum Gasteiger partial charge on any atom is 0.509 e. The summed E-state index contributed by atoms with van der Waals surface area (Å²) in [5.41, 5.74) is -1.46. The Morgan fingerprint density at radius 3 is 2.55 bits per heavy atom. The van der Waals surface area contributed by atoms with E-state index in [1.807, 2.05) is 0 Å². The molecule has 11 nitrogen and oxygen atoms in total. The predicted molar refractivity (Wildman–Crippen MR) is 125 cm³/mol. The summed E-state index contributed by atoms with van der Waals surface area (Å²) in [6.07, 6.45) is 1.09. The number of anilines is 2.